The molecular weight excluding hydrogens is 366 g/mol. The van der Waals surface area contributed by atoms with Crippen LogP contribution in [0.25, 0.3) is 11.0 Å². The Morgan fingerprint density at radius 1 is 0.931 bits per heavy atom. The molecule has 4 rings (SSSR count). The van der Waals surface area contributed by atoms with Crippen LogP contribution >= 0.6 is 0 Å². The quantitative estimate of drug-likeness (QED) is 0.529. The van der Waals surface area contributed by atoms with Crippen LogP contribution in [0.2, 0.25) is 0 Å². The monoisotopic (exact) mass is 385 g/mol. The molecule has 0 fully saturated rings. The lowest BCUT2D eigenvalue weighted by atomic mass is 10.0. The van der Waals surface area contributed by atoms with Crippen molar-refractivity contribution < 1.29 is 14.0 Å². The van der Waals surface area contributed by atoms with Crippen LogP contribution in [0.3, 0.4) is 0 Å². The molecule has 2 aromatic carbocycles. The fourth-order valence-electron chi connectivity index (χ4n) is 3.03. The Balaban J connectivity index is 1.55. The van der Waals surface area contributed by atoms with Crippen LogP contribution in [-0.2, 0) is 11.2 Å². The smallest absolute Gasteiger partial charge is 0.287 e. The van der Waals surface area contributed by atoms with E-state index in [4.69, 9.17) is 4.42 Å². The topological polar surface area (TPSA) is 84.2 Å². The van der Waals surface area contributed by atoms with Gasteiger partial charge < -0.3 is 15.1 Å². The molecule has 2 aromatic heterocycles. The summed E-state index contributed by atoms with van der Waals surface area (Å²) in [4.78, 5) is 29.7. The maximum absolute atomic E-state index is 12.9. The first-order chi connectivity index (χ1) is 14.2. The Kier molecular flexibility index (Phi) is 5.33. The average molecular weight is 385 g/mol. The normalized spacial score (nSPS) is 11.7. The summed E-state index contributed by atoms with van der Waals surface area (Å²) in [5.74, 6) is -0.209. The molecular formula is C23H19N3O3. The van der Waals surface area contributed by atoms with E-state index >= 15 is 0 Å². The van der Waals surface area contributed by atoms with Gasteiger partial charge in [0.05, 0.1) is 0 Å². The zero-order chi connectivity index (χ0) is 20.1. The van der Waals surface area contributed by atoms with Gasteiger partial charge in [0.1, 0.15) is 17.4 Å². The predicted molar refractivity (Wildman–Crippen MR) is 110 cm³/mol. The third kappa shape index (κ3) is 4.50. The lowest BCUT2D eigenvalue weighted by molar-refractivity contribution is -0.118. The van der Waals surface area contributed by atoms with Crippen LogP contribution < -0.4 is 10.6 Å². The van der Waals surface area contributed by atoms with Gasteiger partial charge in [-0.25, -0.2) is 4.98 Å². The standard InChI is InChI=1S/C23H19N3O3/c27-22(26-21-12-6-7-13-24-21)18(14-16-8-2-1-3-9-16)25-23(28)20-15-17-10-4-5-11-19(17)29-20/h1-13,15,18H,14H2,(H,25,28)(H,24,26,27)/t18-/m1/s1. The predicted octanol–water partition coefficient (Wildman–Crippen LogP) is 3.81. The zero-order valence-electron chi connectivity index (χ0n) is 15.5. The van der Waals surface area contributed by atoms with Crippen molar-refractivity contribution >= 4 is 28.6 Å². The number of fused-ring (bicyclic) bond motifs is 1. The number of hydrogen-bond donors (Lipinski definition) is 2. The Morgan fingerprint density at radius 2 is 1.69 bits per heavy atom. The van der Waals surface area contributed by atoms with Gasteiger partial charge in [-0.2, -0.15) is 0 Å². The number of nitrogens with zero attached hydrogens (tertiary/aromatic N) is 1. The molecule has 0 saturated heterocycles. The summed E-state index contributed by atoms with van der Waals surface area (Å²) in [6.07, 6.45) is 1.93. The number of aromatic nitrogens is 1. The SMILES string of the molecule is O=C(N[C@H](Cc1ccccc1)C(=O)Nc1ccccn1)c1cc2ccccc2o1. The lowest BCUT2D eigenvalue weighted by Gasteiger charge is -2.18. The van der Waals surface area contributed by atoms with Gasteiger partial charge in [0.2, 0.25) is 5.91 Å². The van der Waals surface area contributed by atoms with Crippen LogP contribution in [-0.4, -0.2) is 22.8 Å². The van der Waals surface area contributed by atoms with Gasteiger partial charge in [-0.15, -0.1) is 0 Å². The van der Waals surface area contributed by atoms with E-state index in [1.807, 2.05) is 48.5 Å². The largest absolute Gasteiger partial charge is 0.451 e. The number of amides is 2. The highest BCUT2D eigenvalue weighted by molar-refractivity contribution is 6.01. The fraction of sp³-hybridized carbons (Fsp3) is 0.0870. The maximum Gasteiger partial charge on any atom is 0.287 e. The summed E-state index contributed by atoms with van der Waals surface area (Å²) >= 11 is 0. The van der Waals surface area contributed by atoms with Crippen molar-refractivity contribution in [3.05, 3.63) is 96.4 Å². The highest BCUT2D eigenvalue weighted by Gasteiger charge is 2.24. The van der Waals surface area contributed by atoms with Crippen LogP contribution in [0.5, 0.6) is 0 Å². The van der Waals surface area contributed by atoms with Crippen molar-refractivity contribution in [2.75, 3.05) is 5.32 Å². The molecule has 0 aliphatic heterocycles. The minimum atomic E-state index is -0.792. The molecule has 144 valence electrons. The second-order valence-electron chi connectivity index (χ2n) is 6.57. The van der Waals surface area contributed by atoms with Gasteiger partial charge in [-0.3, -0.25) is 9.59 Å². The number of pyridine rings is 1. The van der Waals surface area contributed by atoms with Crippen LogP contribution in [0, 0.1) is 0 Å². The number of anilines is 1. The van der Waals surface area contributed by atoms with E-state index in [2.05, 4.69) is 15.6 Å². The first kappa shape index (κ1) is 18.4. The fourth-order valence-corrected chi connectivity index (χ4v) is 3.03. The van der Waals surface area contributed by atoms with E-state index in [9.17, 15) is 9.59 Å². The Bertz CT molecular complexity index is 1090. The van der Waals surface area contributed by atoms with E-state index < -0.39 is 11.9 Å². The van der Waals surface area contributed by atoms with E-state index in [0.717, 1.165) is 10.9 Å². The third-order valence-corrected chi connectivity index (χ3v) is 4.47. The molecule has 2 amide bonds. The van der Waals surface area contributed by atoms with E-state index in [1.165, 1.54) is 0 Å². The van der Waals surface area contributed by atoms with Crippen molar-refractivity contribution in [1.29, 1.82) is 0 Å². The lowest BCUT2D eigenvalue weighted by Crippen LogP contribution is -2.45. The highest BCUT2D eigenvalue weighted by atomic mass is 16.3. The van der Waals surface area contributed by atoms with E-state index in [1.54, 1.807) is 36.5 Å². The number of para-hydroxylation sites is 1. The van der Waals surface area contributed by atoms with Gasteiger partial charge in [0.15, 0.2) is 5.76 Å². The molecule has 2 heterocycles. The number of carbonyl (C=O) groups excluding carboxylic acids is 2. The first-order valence-corrected chi connectivity index (χ1v) is 9.24. The molecule has 6 nitrogen and oxygen atoms in total. The van der Waals surface area contributed by atoms with Crippen molar-refractivity contribution in [2.45, 2.75) is 12.5 Å². The van der Waals surface area contributed by atoms with Crippen LogP contribution in [0.15, 0.2) is 89.5 Å². The van der Waals surface area contributed by atoms with Crippen LogP contribution in [0.1, 0.15) is 16.1 Å². The van der Waals surface area contributed by atoms with Crippen molar-refractivity contribution in [1.82, 2.24) is 10.3 Å². The van der Waals surface area contributed by atoms with E-state index in [-0.39, 0.29) is 11.7 Å². The third-order valence-electron chi connectivity index (χ3n) is 4.47. The Labute approximate surface area is 167 Å². The van der Waals surface area contributed by atoms with Crippen molar-refractivity contribution in [3.8, 4) is 0 Å². The van der Waals surface area contributed by atoms with Gasteiger partial charge in [0.25, 0.3) is 5.91 Å². The summed E-state index contributed by atoms with van der Waals surface area (Å²) in [6.45, 7) is 0. The Morgan fingerprint density at radius 3 is 2.45 bits per heavy atom. The highest BCUT2D eigenvalue weighted by Crippen LogP contribution is 2.19. The Hall–Kier alpha value is -3.93. The molecule has 0 aliphatic rings. The number of carbonyl (C=O) groups is 2. The molecule has 1 atom stereocenters. The molecule has 0 bridgehead atoms. The van der Waals surface area contributed by atoms with E-state index in [0.29, 0.717) is 17.8 Å². The number of rotatable bonds is 6. The molecule has 0 saturated carbocycles. The molecule has 2 N–H and O–H groups in total. The molecule has 29 heavy (non-hydrogen) atoms. The van der Waals surface area contributed by atoms with Gasteiger partial charge in [-0.1, -0.05) is 54.6 Å². The first-order valence-electron chi connectivity index (χ1n) is 9.24. The summed E-state index contributed by atoms with van der Waals surface area (Å²) in [7, 11) is 0. The number of hydrogen-bond acceptors (Lipinski definition) is 4. The number of benzene rings is 2. The molecule has 0 unspecified atom stereocenters. The van der Waals surface area contributed by atoms with Gasteiger partial charge in [-0.05, 0) is 29.8 Å². The summed E-state index contributed by atoms with van der Waals surface area (Å²) in [5.41, 5.74) is 1.55. The average Bonchev–Trinajstić information content (AvgIpc) is 3.19. The molecule has 4 aromatic rings. The number of furan rings is 1. The maximum atomic E-state index is 12.9. The second kappa shape index (κ2) is 8.39. The molecule has 0 aliphatic carbocycles. The molecule has 0 spiro atoms. The second-order valence-corrected chi connectivity index (χ2v) is 6.57. The minimum Gasteiger partial charge on any atom is -0.451 e. The van der Waals surface area contributed by atoms with Crippen LogP contribution in [0.4, 0.5) is 5.82 Å². The summed E-state index contributed by atoms with van der Waals surface area (Å²) < 4.78 is 5.62. The molecule has 6 heteroatoms. The summed E-state index contributed by atoms with van der Waals surface area (Å²) in [5, 5.41) is 6.37. The van der Waals surface area contributed by atoms with Crippen molar-refractivity contribution in [2.24, 2.45) is 0 Å². The number of nitrogens with one attached hydrogen (secondary N) is 2. The van der Waals surface area contributed by atoms with Crippen molar-refractivity contribution in [3.63, 3.8) is 0 Å². The molecule has 0 radical (unpaired) electrons. The minimum absolute atomic E-state index is 0.162. The zero-order valence-corrected chi connectivity index (χ0v) is 15.5. The van der Waals surface area contributed by atoms with Gasteiger partial charge >= 0.3 is 0 Å². The van der Waals surface area contributed by atoms with Gasteiger partial charge in [0, 0.05) is 18.0 Å². The summed E-state index contributed by atoms with van der Waals surface area (Å²) in [6, 6.07) is 23.0.